The molecule has 0 heterocycles. The van der Waals surface area contributed by atoms with Crippen LogP contribution in [-0.2, 0) is 0 Å². The highest BCUT2D eigenvalue weighted by molar-refractivity contribution is 4.70. The Morgan fingerprint density at radius 3 is 1.17 bits per heavy atom. The minimum Gasteiger partial charge on any atom is -0.264 e. The molecule has 1 saturated carbocycles. The van der Waals surface area contributed by atoms with Crippen LogP contribution in [-0.4, -0.2) is 21.9 Å². The monoisotopic (exact) mass is 258 g/mol. The van der Waals surface area contributed by atoms with E-state index in [1.807, 2.05) is 0 Å². The van der Waals surface area contributed by atoms with Crippen LogP contribution in [0.1, 0.15) is 64.2 Å². The first-order chi connectivity index (χ1) is 8.63. The van der Waals surface area contributed by atoms with Gasteiger partial charge in [-0.3, -0.25) is 20.2 Å². The maximum atomic E-state index is 11.0. The summed E-state index contributed by atoms with van der Waals surface area (Å²) in [5.41, 5.74) is 0. The van der Waals surface area contributed by atoms with Crippen LogP contribution in [0.4, 0.5) is 0 Å². The van der Waals surface area contributed by atoms with Crippen molar-refractivity contribution < 1.29 is 9.85 Å². The van der Waals surface area contributed by atoms with Crippen molar-refractivity contribution in [3.05, 3.63) is 20.2 Å². The van der Waals surface area contributed by atoms with Gasteiger partial charge in [-0.05, 0) is 12.8 Å². The molecule has 0 saturated heterocycles. The Morgan fingerprint density at radius 2 is 0.889 bits per heavy atom. The largest absolute Gasteiger partial charge is 0.279 e. The molecular formula is C12H22N2O4. The molecule has 0 spiro atoms. The number of rotatable bonds is 2. The number of hydrogen-bond acceptors (Lipinski definition) is 4. The molecule has 1 fully saturated rings. The molecule has 0 aromatic heterocycles. The third-order valence-corrected chi connectivity index (χ3v) is 3.74. The van der Waals surface area contributed by atoms with Crippen LogP contribution in [0.15, 0.2) is 0 Å². The summed E-state index contributed by atoms with van der Waals surface area (Å²) in [6, 6.07) is -2.00. The number of nitro groups is 2. The fourth-order valence-electron chi connectivity index (χ4n) is 2.64. The van der Waals surface area contributed by atoms with E-state index in [1.165, 1.54) is 12.8 Å². The van der Waals surface area contributed by atoms with E-state index in [0.29, 0.717) is 12.8 Å². The third kappa shape index (κ3) is 4.98. The van der Waals surface area contributed by atoms with Gasteiger partial charge in [0.15, 0.2) is 0 Å². The summed E-state index contributed by atoms with van der Waals surface area (Å²) in [6.45, 7) is 0. The van der Waals surface area contributed by atoms with Crippen LogP contribution in [0.5, 0.6) is 0 Å². The zero-order valence-corrected chi connectivity index (χ0v) is 10.8. The summed E-state index contributed by atoms with van der Waals surface area (Å²) in [5.74, 6) is 0. The molecule has 0 unspecified atom stereocenters. The maximum Gasteiger partial charge on any atom is 0.279 e. The number of nitrogens with zero attached hydrogens (tertiary/aromatic N) is 2. The average Bonchev–Trinajstić information content (AvgIpc) is 2.28. The van der Waals surface area contributed by atoms with E-state index in [0.717, 1.165) is 38.5 Å². The predicted molar refractivity (Wildman–Crippen MR) is 67.7 cm³/mol. The van der Waals surface area contributed by atoms with Crippen LogP contribution in [0.2, 0.25) is 0 Å². The SMILES string of the molecule is O=[N+]([O-])[C@@H]1CCCCCCCCCC[C@@H]1[N+](=O)[O-]. The first-order valence-electron chi connectivity index (χ1n) is 6.90. The Kier molecular flexibility index (Phi) is 6.60. The second-order valence-electron chi connectivity index (χ2n) is 5.11. The van der Waals surface area contributed by atoms with Crippen molar-refractivity contribution in [2.45, 2.75) is 76.3 Å². The van der Waals surface area contributed by atoms with E-state index >= 15 is 0 Å². The van der Waals surface area contributed by atoms with Crippen LogP contribution in [0, 0.1) is 20.2 Å². The molecule has 2 atom stereocenters. The van der Waals surface area contributed by atoms with E-state index in [4.69, 9.17) is 0 Å². The molecule has 6 nitrogen and oxygen atoms in total. The van der Waals surface area contributed by atoms with Gasteiger partial charge in [0, 0.05) is 22.7 Å². The van der Waals surface area contributed by atoms with Crippen LogP contribution < -0.4 is 0 Å². The standard InChI is InChI=1S/C12H22N2O4/c15-13(16)11-9-7-5-3-1-2-4-6-8-10-12(11)14(17)18/h11-12H,1-10H2/t11-,12+. The lowest BCUT2D eigenvalue weighted by atomic mass is 9.95. The van der Waals surface area contributed by atoms with Crippen molar-refractivity contribution in [2.24, 2.45) is 0 Å². The fourth-order valence-corrected chi connectivity index (χ4v) is 2.64. The molecule has 1 aliphatic carbocycles. The minimum absolute atomic E-state index is 0.346. The Labute approximate surface area is 107 Å². The molecule has 1 rings (SSSR count). The van der Waals surface area contributed by atoms with Gasteiger partial charge in [-0.25, -0.2) is 0 Å². The van der Waals surface area contributed by atoms with Gasteiger partial charge in [-0.15, -0.1) is 0 Å². The lowest BCUT2D eigenvalue weighted by molar-refractivity contribution is -0.618. The molecule has 0 aromatic rings. The molecule has 0 aliphatic heterocycles. The average molecular weight is 258 g/mol. The second-order valence-corrected chi connectivity index (χ2v) is 5.11. The Hall–Kier alpha value is -1.20. The Morgan fingerprint density at radius 1 is 0.611 bits per heavy atom. The summed E-state index contributed by atoms with van der Waals surface area (Å²) >= 11 is 0. The summed E-state index contributed by atoms with van der Waals surface area (Å²) < 4.78 is 0. The molecule has 0 bridgehead atoms. The van der Waals surface area contributed by atoms with E-state index in [9.17, 15) is 20.2 Å². The smallest absolute Gasteiger partial charge is 0.264 e. The lowest BCUT2D eigenvalue weighted by Gasteiger charge is -2.15. The van der Waals surface area contributed by atoms with Crippen molar-refractivity contribution in [3.63, 3.8) is 0 Å². The molecule has 104 valence electrons. The van der Waals surface area contributed by atoms with Gasteiger partial charge in [-0.2, -0.15) is 0 Å². The first-order valence-corrected chi connectivity index (χ1v) is 6.90. The number of hydrogen-bond donors (Lipinski definition) is 0. The van der Waals surface area contributed by atoms with Gasteiger partial charge in [0.25, 0.3) is 12.1 Å². The fraction of sp³-hybridized carbons (Fsp3) is 1.00. The summed E-state index contributed by atoms with van der Waals surface area (Å²) in [6.07, 6.45) is 8.61. The molecular weight excluding hydrogens is 236 g/mol. The molecule has 0 aromatic carbocycles. The van der Waals surface area contributed by atoms with E-state index in [-0.39, 0.29) is 0 Å². The molecule has 6 heteroatoms. The summed E-state index contributed by atoms with van der Waals surface area (Å²) in [7, 11) is 0. The van der Waals surface area contributed by atoms with Crippen molar-refractivity contribution in [1.29, 1.82) is 0 Å². The Bertz CT molecular complexity index is 255. The van der Waals surface area contributed by atoms with Gasteiger partial charge in [0.2, 0.25) is 0 Å². The molecule has 0 N–H and O–H groups in total. The highest BCUT2D eigenvalue weighted by Crippen LogP contribution is 2.20. The lowest BCUT2D eigenvalue weighted by Crippen LogP contribution is -2.39. The maximum absolute atomic E-state index is 11.0. The van der Waals surface area contributed by atoms with Crippen molar-refractivity contribution in [2.75, 3.05) is 0 Å². The van der Waals surface area contributed by atoms with E-state index < -0.39 is 21.9 Å². The summed E-state index contributed by atoms with van der Waals surface area (Å²) in [5, 5.41) is 22.0. The first kappa shape index (κ1) is 14.9. The van der Waals surface area contributed by atoms with Gasteiger partial charge in [0.1, 0.15) is 0 Å². The highest BCUT2D eigenvalue weighted by atomic mass is 16.6. The summed E-state index contributed by atoms with van der Waals surface area (Å²) in [4.78, 5) is 21.1. The molecule has 18 heavy (non-hydrogen) atoms. The molecule has 1 aliphatic rings. The highest BCUT2D eigenvalue weighted by Gasteiger charge is 2.39. The zero-order valence-electron chi connectivity index (χ0n) is 10.8. The van der Waals surface area contributed by atoms with Gasteiger partial charge >= 0.3 is 0 Å². The quantitative estimate of drug-likeness (QED) is 0.562. The topological polar surface area (TPSA) is 86.3 Å². The van der Waals surface area contributed by atoms with Crippen LogP contribution >= 0.6 is 0 Å². The van der Waals surface area contributed by atoms with E-state index in [1.54, 1.807) is 0 Å². The Balaban J connectivity index is 2.64. The van der Waals surface area contributed by atoms with Gasteiger partial charge < -0.3 is 0 Å². The van der Waals surface area contributed by atoms with Crippen molar-refractivity contribution in [1.82, 2.24) is 0 Å². The van der Waals surface area contributed by atoms with Crippen LogP contribution in [0.3, 0.4) is 0 Å². The second kappa shape index (κ2) is 8.00. The minimum atomic E-state index is -1.00. The van der Waals surface area contributed by atoms with E-state index in [2.05, 4.69) is 0 Å². The van der Waals surface area contributed by atoms with Gasteiger partial charge in [0.05, 0.1) is 0 Å². The third-order valence-electron chi connectivity index (χ3n) is 3.74. The van der Waals surface area contributed by atoms with Crippen molar-refractivity contribution >= 4 is 0 Å². The molecule has 0 radical (unpaired) electrons. The normalized spacial score (nSPS) is 27.8. The van der Waals surface area contributed by atoms with Crippen molar-refractivity contribution in [3.8, 4) is 0 Å². The zero-order chi connectivity index (χ0) is 13.4. The van der Waals surface area contributed by atoms with Crippen LogP contribution in [0.25, 0.3) is 0 Å². The molecule has 0 amide bonds. The predicted octanol–water partition coefficient (Wildman–Crippen LogP) is 3.19. The van der Waals surface area contributed by atoms with Gasteiger partial charge in [-0.1, -0.05) is 38.5 Å².